The van der Waals surface area contributed by atoms with Crippen molar-refractivity contribution in [2.75, 3.05) is 6.66 Å². The Balaban J connectivity index is 3.48. The van der Waals surface area contributed by atoms with Gasteiger partial charge in [-0.05, 0) is 32.7 Å². The van der Waals surface area contributed by atoms with E-state index in [4.69, 9.17) is 0 Å². The minimum absolute atomic E-state index is 0.148. The lowest BCUT2D eigenvalue weighted by atomic mass is 10.2. The lowest BCUT2D eigenvalue weighted by molar-refractivity contribution is 0.715. The molecule has 0 bridgehead atoms. The van der Waals surface area contributed by atoms with E-state index >= 15 is 0 Å². The molecular formula is C19H34P2. The van der Waals surface area contributed by atoms with E-state index < -0.39 is 0 Å². The maximum Gasteiger partial charge on any atom is -0.0134 e. The van der Waals surface area contributed by atoms with Crippen molar-refractivity contribution in [1.82, 2.24) is 0 Å². The van der Waals surface area contributed by atoms with Crippen molar-refractivity contribution in [3.05, 3.63) is 24.3 Å². The fraction of sp³-hybridized carbons (Fsp3) is 0.684. The van der Waals surface area contributed by atoms with Crippen LogP contribution in [0.1, 0.15) is 62.3 Å². The van der Waals surface area contributed by atoms with Crippen molar-refractivity contribution in [3.8, 4) is 0 Å². The van der Waals surface area contributed by atoms with Crippen LogP contribution in [0.2, 0.25) is 0 Å². The Labute approximate surface area is 135 Å². The van der Waals surface area contributed by atoms with Crippen LogP contribution in [0.4, 0.5) is 0 Å². The number of hydrogen-bond acceptors (Lipinski definition) is 0. The van der Waals surface area contributed by atoms with Crippen LogP contribution in [0, 0.1) is 0 Å². The predicted octanol–water partition coefficient (Wildman–Crippen LogP) is 5.93. The first-order valence-corrected chi connectivity index (χ1v) is 11.0. The molecule has 120 valence electrons. The maximum atomic E-state index is 2.45. The van der Waals surface area contributed by atoms with Crippen LogP contribution in [0.3, 0.4) is 0 Å². The molecule has 0 fully saturated rings. The molecule has 0 N–H and O–H groups in total. The van der Waals surface area contributed by atoms with Gasteiger partial charge in [-0.3, -0.25) is 0 Å². The third kappa shape index (κ3) is 4.77. The van der Waals surface area contributed by atoms with Gasteiger partial charge in [-0.25, -0.2) is 0 Å². The highest BCUT2D eigenvalue weighted by Crippen LogP contribution is 2.59. The van der Waals surface area contributed by atoms with Crippen LogP contribution in [0.15, 0.2) is 24.3 Å². The number of benzene rings is 1. The zero-order chi connectivity index (χ0) is 16.6. The van der Waals surface area contributed by atoms with Crippen LogP contribution >= 0.6 is 15.8 Å². The summed E-state index contributed by atoms with van der Waals surface area (Å²) in [4.78, 5) is 0. The Kier molecular flexibility index (Phi) is 5.73. The second-order valence-electron chi connectivity index (χ2n) is 8.90. The van der Waals surface area contributed by atoms with Crippen LogP contribution < -0.4 is 10.6 Å². The third-order valence-electron chi connectivity index (χ3n) is 3.83. The molecule has 0 spiro atoms. The molecule has 0 aliphatic heterocycles. The monoisotopic (exact) mass is 324 g/mol. The molecule has 0 saturated heterocycles. The average molecular weight is 324 g/mol. The average Bonchev–Trinajstić information content (AvgIpc) is 2.23. The van der Waals surface area contributed by atoms with Crippen LogP contribution in [0.25, 0.3) is 0 Å². The van der Waals surface area contributed by atoms with E-state index in [1.54, 1.807) is 10.6 Å². The molecule has 1 rings (SSSR count). The molecule has 0 nitrogen and oxygen atoms in total. The van der Waals surface area contributed by atoms with E-state index in [9.17, 15) is 0 Å². The van der Waals surface area contributed by atoms with Gasteiger partial charge in [0, 0.05) is 0 Å². The summed E-state index contributed by atoms with van der Waals surface area (Å²) in [5, 5.41) is 4.28. The summed E-state index contributed by atoms with van der Waals surface area (Å²) in [6.45, 7) is 24.1. The number of hydrogen-bond donors (Lipinski definition) is 0. The molecule has 1 unspecified atom stereocenters. The van der Waals surface area contributed by atoms with Crippen molar-refractivity contribution in [2.24, 2.45) is 0 Å². The van der Waals surface area contributed by atoms with E-state index in [0.29, 0.717) is 15.5 Å². The summed E-state index contributed by atoms with van der Waals surface area (Å²) in [7, 11) is -0.370. The van der Waals surface area contributed by atoms with E-state index in [2.05, 4.69) is 93.2 Å². The lowest BCUT2D eigenvalue weighted by Gasteiger charge is -2.44. The van der Waals surface area contributed by atoms with Crippen LogP contribution in [-0.2, 0) is 0 Å². The van der Waals surface area contributed by atoms with Gasteiger partial charge in [0.15, 0.2) is 0 Å². The summed E-state index contributed by atoms with van der Waals surface area (Å²) in [6, 6.07) is 9.25. The van der Waals surface area contributed by atoms with Gasteiger partial charge in [-0.1, -0.05) is 102 Å². The summed E-state index contributed by atoms with van der Waals surface area (Å²) in [5.41, 5.74) is 0. The van der Waals surface area contributed by atoms with Gasteiger partial charge in [0.25, 0.3) is 0 Å². The molecule has 0 aliphatic carbocycles. The van der Waals surface area contributed by atoms with Gasteiger partial charge in [0.05, 0.1) is 0 Å². The smallest absolute Gasteiger partial charge is 0.0134 e. The first kappa shape index (κ1) is 19.1. The molecule has 21 heavy (non-hydrogen) atoms. The fourth-order valence-corrected chi connectivity index (χ4v) is 9.22. The molecule has 0 saturated carbocycles. The third-order valence-corrected chi connectivity index (χ3v) is 10.7. The maximum absolute atomic E-state index is 2.45. The molecule has 1 atom stereocenters. The van der Waals surface area contributed by atoms with Crippen molar-refractivity contribution in [2.45, 2.75) is 77.8 Å². The van der Waals surface area contributed by atoms with Crippen molar-refractivity contribution in [1.29, 1.82) is 0 Å². The Morgan fingerprint density at radius 2 is 1.00 bits per heavy atom. The zero-order valence-electron chi connectivity index (χ0n) is 15.7. The SMILES string of the molecule is CP(c1ccccc1P(C(C)(C)C)C(C)(C)C)C(C)(C)C. The first-order chi connectivity index (χ1) is 9.26. The molecule has 1 aromatic rings. The highest BCUT2D eigenvalue weighted by atomic mass is 31.1. The topological polar surface area (TPSA) is 0 Å². The standard InChI is InChI=1S/C19H34P2/c1-17(2,3)20(10)15-13-11-12-14-16(15)21(18(4,5)6)19(7,8)9/h11-14H,1-10H3. The second-order valence-corrected chi connectivity index (χ2v) is 15.7. The highest BCUT2D eigenvalue weighted by molar-refractivity contribution is 7.73. The quantitative estimate of drug-likeness (QED) is 0.592. The Bertz CT molecular complexity index is 456. The molecule has 0 aromatic heterocycles. The van der Waals surface area contributed by atoms with E-state index in [1.807, 2.05) is 0 Å². The molecule has 2 heteroatoms. The number of rotatable bonds is 2. The van der Waals surface area contributed by atoms with E-state index in [0.717, 1.165) is 0 Å². The molecular weight excluding hydrogens is 290 g/mol. The normalized spacial score (nSPS) is 15.4. The molecule has 0 radical (unpaired) electrons. The summed E-state index contributed by atoms with van der Waals surface area (Å²) in [5.74, 6) is 0. The fourth-order valence-electron chi connectivity index (χ4n) is 3.03. The van der Waals surface area contributed by atoms with E-state index in [-0.39, 0.29) is 15.8 Å². The van der Waals surface area contributed by atoms with Crippen molar-refractivity contribution < 1.29 is 0 Å². The summed E-state index contributed by atoms with van der Waals surface area (Å²) < 4.78 is 0. The molecule has 0 heterocycles. The minimum Gasteiger partial charge on any atom is -0.0723 e. The van der Waals surface area contributed by atoms with Crippen LogP contribution in [0.5, 0.6) is 0 Å². The van der Waals surface area contributed by atoms with Gasteiger partial charge >= 0.3 is 0 Å². The van der Waals surface area contributed by atoms with Crippen molar-refractivity contribution in [3.63, 3.8) is 0 Å². The largest absolute Gasteiger partial charge is 0.0723 e. The van der Waals surface area contributed by atoms with Crippen molar-refractivity contribution >= 4 is 26.5 Å². The molecule has 0 aliphatic rings. The lowest BCUT2D eigenvalue weighted by Crippen LogP contribution is -2.38. The predicted molar refractivity (Wildman–Crippen MR) is 105 cm³/mol. The summed E-state index contributed by atoms with van der Waals surface area (Å²) >= 11 is 0. The highest BCUT2D eigenvalue weighted by Gasteiger charge is 2.38. The zero-order valence-corrected chi connectivity index (χ0v) is 17.5. The Morgan fingerprint density at radius 3 is 1.33 bits per heavy atom. The van der Waals surface area contributed by atoms with Gasteiger partial charge < -0.3 is 0 Å². The minimum atomic E-state index is -0.222. The van der Waals surface area contributed by atoms with Gasteiger partial charge in [-0.15, -0.1) is 0 Å². The Morgan fingerprint density at radius 1 is 0.619 bits per heavy atom. The second kappa shape index (κ2) is 6.29. The molecule has 0 amide bonds. The Hall–Kier alpha value is 0.0800. The molecule has 1 aromatic carbocycles. The van der Waals surface area contributed by atoms with Crippen LogP contribution in [-0.4, -0.2) is 22.1 Å². The van der Waals surface area contributed by atoms with Gasteiger partial charge in [0.2, 0.25) is 0 Å². The summed E-state index contributed by atoms with van der Waals surface area (Å²) in [6.07, 6.45) is 0. The first-order valence-electron chi connectivity index (χ1n) is 7.89. The van der Waals surface area contributed by atoms with Gasteiger partial charge in [-0.2, -0.15) is 0 Å². The van der Waals surface area contributed by atoms with E-state index in [1.165, 1.54) is 0 Å². The van der Waals surface area contributed by atoms with Gasteiger partial charge in [0.1, 0.15) is 0 Å².